The smallest absolute Gasteiger partial charge is 0.410 e. The standard InChI is InChI=1S/C34H46N4O5/c1-25(39)34(22-27-15-9-6-10-16-27)18-12-20-38(24-34)30(40)29(21-26-13-7-5-8-14-26)36-31(41)35-28-17-11-19-37(23-28)32(42)43-33(2,3)4/h5-10,13-16,28-29H,11-12,17-24H2,1-4H3,(H2,35,36,41). The van der Waals surface area contributed by atoms with Gasteiger partial charge in [0.1, 0.15) is 17.4 Å². The number of urea groups is 1. The number of likely N-dealkylation sites (tertiary alicyclic amines) is 2. The number of Topliss-reactive ketones (excluding diaryl/α,β-unsaturated/α-hetero) is 1. The third kappa shape index (κ3) is 9.05. The molecule has 9 nitrogen and oxygen atoms in total. The predicted molar refractivity (Wildman–Crippen MR) is 166 cm³/mol. The summed E-state index contributed by atoms with van der Waals surface area (Å²) in [4.78, 5) is 56.4. The second-order valence-corrected chi connectivity index (χ2v) is 13.0. The van der Waals surface area contributed by atoms with Crippen LogP contribution in [0.25, 0.3) is 0 Å². The van der Waals surface area contributed by atoms with Crippen LogP contribution in [0.15, 0.2) is 60.7 Å². The number of ether oxygens (including phenoxy) is 1. The van der Waals surface area contributed by atoms with Crippen LogP contribution in [0.4, 0.5) is 9.59 Å². The van der Waals surface area contributed by atoms with Crippen LogP contribution >= 0.6 is 0 Å². The molecule has 4 rings (SSSR count). The van der Waals surface area contributed by atoms with Gasteiger partial charge in [0, 0.05) is 38.6 Å². The first-order valence-corrected chi connectivity index (χ1v) is 15.4. The van der Waals surface area contributed by atoms with Gasteiger partial charge in [0.2, 0.25) is 5.91 Å². The molecular weight excluding hydrogens is 544 g/mol. The molecule has 0 spiro atoms. The minimum Gasteiger partial charge on any atom is -0.444 e. The maximum atomic E-state index is 14.1. The highest BCUT2D eigenvalue weighted by molar-refractivity contribution is 5.89. The Bertz CT molecular complexity index is 1260. The molecule has 2 saturated heterocycles. The summed E-state index contributed by atoms with van der Waals surface area (Å²) in [6.45, 7) is 8.86. The molecule has 3 unspecified atom stereocenters. The number of hydrogen-bond donors (Lipinski definition) is 2. The number of benzene rings is 2. The van der Waals surface area contributed by atoms with Crippen LogP contribution in [-0.4, -0.2) is 77.5 Å². The van der Waals surface area contributed by atoms with Crippen LogP contribution in [0.3, 0.4) is 0 Å². The van der Waals surface area contributed by atoms with Gasteiger partial charge in [-0.2, -0.15) is 0 Å². The van der Waals surface area contributed by atoms with Gasteiger partial charge in [0.15, 0.2) is 0 Å². The highest BCUT2D eigenvalue weighted by Gasteiger charge is 2.42. The van der Waals surface area contributed by atoms with Crippen molar-refractivity contribution in [1.29, 1.82) is 0 Å². The molecule has 2 aromatic carbocycles. The van der Waals surface area contributed by atoms with E-state index in [1.54, 1.807) is 16.7 Å². The van der Waals surface area contributed by atoms with Gasteiger partial charge in [-0.15, -0.1) is 0 Å². The summed E-state index contributed by atoms with van der Waals surface area (Å²) in [5.41, 5.74) is 0.726. The molecule has 0 aromatic heterocycles. The van der Waals surface area contributed by atoms with E-state index in [1.165, 1.54) is 0 Å². The molecular formula is C34H46N4O5. The molecule has 9 heteroatoms. The van der Waals surface area contributed by atoms with Crippen molar-refractivity contribution in [3.8, 4) is 0 Å². The number of nitrogens with zero attached hydrogens (tertiary/aromatic N) is 2. The maximum absolute atomic E-state index is 14.1. The number of nitrogens with one attached hydrogen (secondary N) is 2. The molecule has 2 aromatic rings. The largest absolute Gasteiger partial charge is 0.444 e. The first kappa shape index (κ1) is 32.0. The van der Waals surface area contributed by atoms with Crippen molar-refractivity contribution in [3.05, 3.63) is 71.8 Å². The molecule has 4 amide bonds. The normalized spacial score (nSPS) is 21.4. The fourth-order valence-corrected chi connectivity index (χ4v) is 6.11. The quantitative estimate of drug-likeness (QED) is 0.462. The van der Waals surface area contributed by atoms with E-state index < -0.39 is 29.2 Å². The number of amides is 4. The zero-order valence-electron chi connectivity index (χ0n) is 25.9. The van der Waals surface area contributed by atoms with Crippen molar-refractivity contribution in [2.45, 2.75) is 83.9 Å². The van der Waals surface area contributed by atoms with E-state index in [2.05, 4.69) is 10.6 Å². The van der Waals surface area contributed by atoms with Gasteiger partial charge in [-0.1, -0.05) is 60.7 Å². The monoisotopic (exact) mass is 590 g/mol. The van der Waals surface area contributed by atoms with Crippen LogP contribution in [0.5, 0.6) is 0 Å². The SMILES string of the molecule is CC(=O)C1(Cc2ccccc2)CCCN(C(=O)C(Cc2ccccc2)NC(=O)NC2CCCN(C(=O)OC(C)(C)C)C2)C1. The molecule has 2 N–H and O–H groups in total. The van der Waals surface area contributed by atoms with E-state index in [0.717, 1.165) is 24.0 Å². The Morgan fingerprint density at radius 2 is 1.56 bits per heavy atom. The van der Waals surface area contributed by atoms with Crippen molar-refractivity contribution in [3.63, 3.8) is 0 Å². The molecule has 3 atom stereocenters. The molecule has 2 fully saturated rings. The number of ketones is 1. The van der Waals surface area contributed by atoms with Crippen LogP contribution < -0.4 is 10.6 Å². The number of rotatable bonds is 8. The van der Waals surface area contributed by atoms with Crippen molar-refractivity contribution >= 4 is 23.8 Å². The van der Waals surface area contributed by atoms with Gasteiger partial charge in [-0.25, -0.2) is 9.59 Å². The van der Waals surface area contributed by atoms with Crippen molar-refractivity contribution in [2.24, 2.45) is 5.41 Å². The number of carbonyl (C=O) groups excluding carboxylic acids is 4. The molecule has 0 aliphatic carbocycles. The zero-order valence-corrected chi connectivity index (χ0v) is 25.9. The molecule has 2 aliphatic heterocycles. The Kier molecular flexibility index (Phi) is 10.5. The molecule has 0 radical (unpaired) electrons. The zero-order chi connectivity index (χ0) is 31.0. The van der Waals surface area contributed by atoms with Crippen LogP contribution in [0.1, 0.15) is 64.5 Å². The second kappa shape index (κ2) is 14.1. The van der Waals surface area contributed by atoms with Gasteiger partial charge in [0.05, 0.1) is 5.41 Å². The minimum absolute atomic E-state index is 0.0750. The van der Waals surface area contributed by atoms with Crippen molar-refractivity contribution in [2.75, 3.05) is 26.2 Å². The highest BCUT2D eigenvalue weighted by atomic mass is 16.6. The van der Waals surface area contributed by atoms with Gasteiger partial charge >= 0.3 is 12.1 Å². The summed E-state index contributed by atoms with van der Waals surface area (Å²) in [5.74, 6) is -0.123. The fraction of sp³-hybridized carbons (Fsp3) is 0.529. The summed E-state index contributed by atoms with van der Waals surface area (Å²) < 4.78 is 5.52. The van der Waals surface area contributed by atoms with E-state index in [9.17, 15) is 19.2 Å². The summed E-state index contributed by atoms with van der Waals surface area (Å²) in [7, 11) is 0. The van der Waals surface area contributed by atoms with E-state index in [4.69, 9.17) is 4.74 Å². The van der Waals surface area contributed by atoms with E-state index in [0.29, 0.717) is 51.9 Å². The van der Waals surface area contributed by atoms with Crippen LogP contribution in [0.2, 0.25) is 0 Å². The number of hydrogen-bond acceptors (Lipinski definition) is 5. The number of piperidine rings is 2. The summed E-state index contributed by atoms with van der Waals surface area (Å²) in [6.07, 6.45) is 3.38. The Labute approximate surface area is 255 Å². The average Bonchev–Trinajstić information content (AvgIpc) is 2.97. The molecule has 0 bridgehead atoms. The minimum atomic E-state index is -0.813. The summed E-state index contributed by atoms with van der Waals surface area (Å²) in [6, 6.07) is 18.0. The van der Waals surface area contributed by atoms with Gasteiger partial charge < -0.3 is 25.2 Å². The van der Waals surface area contributed by atoms with Gasteiger partial charge in [0.25, 0.3) is 0 Å². The fourth-order valence-electron chi connectivity index (χ4n) is 6.11. The predicted octanol–water partition coefficient (Wildman–Crippen LogP) is 4.74. The van der Waals surface area contributed by atoms with Crippen LogP contribution in [0, 0.1) is 5.41 Å². The first-order chi connectivity index (χ1) is 20.4. The van der Waals surface area contributed by atoms with Crippen LogP contribution in [-0.2, 0) is 27.2 Å². The molecule has 0 saturated carbocycles. The lowest BCUT2D eigenvalue weighted by molar-refractivity contribution is -0.141. The van der Waals surface area contributed by atoms with Crippen molar-refractivity contribution in [1.82, 2.24) is 20.4 Å². The summed E-state index contributed by atoms with van der Waals surface area (Å²) >= 11 is 0. The Balaban J connectivity index is 1.46. The first-order valence-electron chi connectivity index (χ1n) is 15.4. The topological polar surface area (TPSA) is 108 Å². The van der Waals surface area contributed by atoms with Crippen molar-refractivity contribution < 1.29 is 23.9 Å². The third-order valence-corrected chi connectivity index (χ3v) is 8.32. The molecule has 2 aliphatic rings. The Hall–Kier alpha value is -3.88. The molecule has 43 heavy (non-hydrogen) atoms. The number of carbonyl (C=O) groups is 4. The lowest BCUT2D eigenvalue weighted by Gasteiger charge is -2.42. The molecule has 2 heterocycles. The third-order valence-electron chi connectivity index (χ3n) is 8.32. The Morgan fingerprint density at radius 3 is 2.19 bits per heavy atom. The molecule has 232 valence electrons. The van der Waals surface area contributed by atoms with E-state index in [-0.39, 0.29) is 17.7 Å². The summed E-state index contributed by atoms with van der Waals surface area (Å²) in [5, 5.41) is 5.92. The lowest BCUT2D eigenvalue weighted by atomic mass is 9.72. The van der Waals surface area contributed by atoms with E-state index >= 15 is 0 Å². The maximum Gasteiger partial charge on any atom is 0.410 e. The highest BCUT2D eigenvalue weighted by Crippen LogP contribution is 2.35. The van der Waals surface area contributed by atoms with Gasteiger partial charge in [-0.3, -0.25) is 9.59 Å². The second-order valence-electron chi connectivity index (χ2n) is 13.0. The van der Waals surface area contributed by atoms with Gasteiger partial charge in [-0.05, 0) is 70.9 Å². The van der Waals surface area contributed by atoms with E-state index in [1.807, 2.05) is 81.4 Å². The Morgan fingerprint density at radius 1 is 0.930 bits per heavy atom. The lowest BCUT2D eigenvalue weighted by Crippen LogP contribution is -2.59. The average molecular weight is 591 g/mol.